The van der Waals surface area contributed by atoms with Crippen molar-refractivity contribution in [3.8, 4) is 5.75 Å². The number of amides is 5. The third kappa shape index (κ3) is 5.50. The molecule has 9 heteroatoms. The molecule has 1 aliphatic heterocycles. The monoisotopic (exact) mass is 492 g/mol. The second kappa shape index (κ2) is 10.8. The SMILES string of the molecule is CCOc1ccc(NC(=O)c2ccc(NC(=O)CN3C(=O)NC4(CCC(CC)CC4)C3=O)cc2)cc1. The third-order valence-corrected chi connectivity index (χ3v) is 6.94. The lowest BCUT2D eigenvalue weighted by Crippen LogP contribution is -2.49. The standard InChI is InChI=1S/C27H32N4O5/c1-3-18-13-15-27(16-14-18)25(34)31(26(35)30-27)17-23(32)28-20-7-5-19(6-8-20)24(33)29-21-9-11-22(12-10-21)36-4-2/h5-12,18H,3-4,13-17H2,1-2H3,(H,28,32)(H,29,33)(H,30,35). The van der Waals surface area contributed by atoms with E-state index in [4.69, 9.17) is 4.74 Å². The Morgan fingerprint density at radius 1 is 0.972 bits per heavy atom. The van der Waals surface area contributed by atoms with Crippen molar-refractivity contribution < 1.29 is 23.9 Å². The zero-order valence-electron chi connectivity index (χ0n) is 20.6. The van der Waals surface area contributed by atoms with Crippen molar-refractivity contribution in [1.29, 1.82) is 0 Å². The van der Waals surface area contributed by atoms with Crippen LogP contribution in [-0.4, -0.2) is 47.3 Å². The summed E-state index contributed by atoms with van der Waals surface area (Å²) in [5.74, 6) is 0.203. The summed E-state index contributed by atoms with van der Waals surface area (Å²) in [6.45, 7) is 4.24. The summed E-state index contributed by atoms with van der Waals surface area (Å²) in [5.41, 5.74) is 0.639. The van der Waals surface area contributed by atoms with Crippen LogP contribution in [0.5, 0.6) is 5.75 Å². The molecule has 2 aliphatic rings. The van der Waals surface area contributed by atoms with Gasteiger partial charge in [0, 0.05) is 16.9 Å². The van der Waals surface area contributed by atoms with Crippen molar-refractivity contribution in [2.75, 3.05) is 23.8 Å². The number of nitrogens with one attached hydrogen (secondary N) is 3. The van der Waals surface area contributed by atoms with Crippen LogP contribution < -0.4 is 20.7 Å². The van der Waals surface area contributed by atoms with Crippen LogP contribution in [-0.2, 0) is 9.59 Å². The number of urea groups is 1. The van der Waals surface area contributed by atoms with Crippen LogP contribution in [0.1, 0.15) is 56.3 Å². The van der Waals surface area contributed by atoms with Gasteiger partial charge in [-0.25, -0.2) is 4.79 Å². The molecule has 5 amide bonds. The van der Waals surface area contributed by atoms with E-state index in [1.165, 1.54) is 0 Å². The van der Waals surface area contributed by atoms with Crippen molar-refractivity contribution in [2.24, 2.45) is 5.92 Å². The zero-order chi connectivity index (χ0) is 25.7. The molecule has 2 aromatic carbocycles. The van der Waals surface area contributed by atoms with Gasteiger partial charge in [-0.3, -0.25) is 19.3 Å². The van der Waals surface area contributed by atoms with Gasteiger partial charge in [-0.15, -0.1) is 0 Å². The fourth-order valence-electron chi connectivity index (χ4n) is 4.79. The Hall–Kier alpha value is -3.88. The topological polar surface area (TPSA) is 117 Å². The minimum atomic E-state index is -0.874. The molecule has 0 unspecified atom stereocenters. The van der Waals surface area contributed by atoms with Gasteiger partial charge in [0.15, 0.2) is 0 Å². The van der Waals surface area contributed by atoms with E-state index < -0.39 is 17.5 Å². The van der Waals surface area contributed by atoms with Gasteiger partial charge < -0.3 is 20.7 Å². The molecule has 1 spiro atoms. The van der Waals surface area contributed by atoms with Crippen molar-refractivity contribution in [3.63, 3.8) is 0 Å². The first-order chi connectivity index (χ1) is 17.3. The molecule has 2 aromatic rings. The van der Waals surface area contributed by atoms with Crippen molar-refractivity contribution in [2.45, 2.75) is 51.5 Å². The Bertz CT molecular complexity index is 1120. The van der Waals surface area contributed by atoms with Crippen molar-refractivity contribution in [3.05, 3.63) is 54.1 Å². The maximum absolute atomic E-state index is 13.0. The van der Waals surface area contributed by atoms with Gasteiger partial charge in [-0.1, -0.05) is 13.3 Å². The Labute approximate surface area is 210 Å². The van der Waals surface area contributed by atoms with Gasteiger partial charge in [-0.05, 0) is 87.1 Å². The second-order valence-corrected chi connectivity index (χ2v) is 9.29. The molecular formula is C27H32N4O5. The molecule has 1 saturated heterocycles. The summed E-state index contributed by atoms with van der Waals surface area (Å²) in [4.78, 5) is 51.6. The lowest BCUT2D eigenvalue weighted by Gasteiger charge is -2.34. The molecule has 2 fully saturated rings. The van der Waals surface area contributed by atoms with E-state index in [2.05, 4.69) is 22.9 Å². The molecule has 9 nitrogen and oxygen atoms in total. The van der Waals surface area contributed by atoms with E-state index in [1.54, 1.807) is 48.5 Å². The van der Waals surface area contributed by atoms with E-state index in [9.17, 15) is 19.2 Å². The molecule has 0 bridgehead atoms. The van der Waals surface area contributed by atoms with Crippen LogP contribution in [0.15, 0.2) is 48.5 Å². The number of rotatable bonds is 8. The van der Waals surface area contributed by atoms with E-state index in [0.29, 0.717) is 42.3 Å². The zero-order valence-corrected chi connectivity index (χ0v) is 20.6. The second-order valence-electron chi connectivity index (χ2n) is 9.29. The van der Waals surface area contributed by atoms with Crippen LogP contribution >= 0.6 is 0 Å². The molecule has 190 valence electrons. The predicted molar refractivity (Wildman–Crippen MR) is 136 cm³/mol. The van der Waals surface area contributed by atoms with E-state index in [1.807, 2.05) is 6.92 Å². The molecular weight excluding hydrogens is 460 g/mol. The predicted octanol–water partition coefficient (Wildman–Crippen LogP) is 4.17. The van der Waals surface area contributed by atoms with Crippen LogP contribution in [0.25, 0.3) is 0 Å². The molecule has 0 aromatic heterocycles. The van der Waals surface area contributed by atoms with E-state index >= 15 is 0 Å². The molecule has 1 saturated carbocycles. The number of hydrogen-bond acceptors (Lipinski definition) is 5. The lowest BCUT2D eigenvalue weighted by molar-refractivity contribution is -0.135. The third-order valence-electron chi connectivity index (χ3n) is 6.94. The van der Waals surface area contributed by atoms with E-state index in [0.717, 1.165) is 29.9 Å². The number of benzene rings is 2. The van der Waals surface area contributed by atoms with Crippen LogP contribution in [0.4, 0.5) is 16.2 Å². The molecule has 0 radical (unpaired) electrons. The number of ether oxygens (including phenoxy) is 1. The number of hydrogen-bond donors (Lipinski definition) is 3. The number of imide groups is 1. The minimum absolute atomic E-state index is 0.292. The number of nitrogens with zero attached hydrogens (tertiary/aromatic N) is 1. The average Bonchev–Trinajstić information content (AvgIpc) is 3.10. The van der Waals surface area contributed by atoms with Crippen molar-refractivity contribution >= 4 is 35.1 Å². The maximum Gasteiger partial charge on any atom is 0.325 e. The van der Waals surface area contributed by atoms with Gasteiger partial charge in [0.1, 0.15) is 17.8 Å². The lowest BCUT2D eigenvalue weighted by atomic mass is 9.75. The Morgan fingerprint density at radius 3 is 2.19 bits per heavy atom. The maximum atomic E-state index is 13.0. The normalized spacial score (nSPS) is 21.3. The van der Waals surface area contributed by atoms with E-state index in [-0.39, 0.29) is 18.4 Å². The summed E-state index contributed by atoms with van der Waals surface area (Å²) in [5, 5.41) is 8.34. The number of carbonyl (C=O) groups is 4. The summed E-state index contributed by atoms with van der Waals surface area (Å²) in [7, 11) is 0. The fourth-order valence-corrected chi connectivity index (χ4v) is 4.79. The summed E-state index contributed by atoms with van der Waals surface area (Å²) < 4.78 is 5.40. The first-order valence-electron chi connectivity index (χ1n) is 12.4. The van der Waals surface area contributed by atoms with Gasteiger partial charge in [0.2, 0.25) is 5.91 Å². The average molecular weight is 493 g/mol. The molecule has 4 rings (SSSR count). The van der Waals surface area contributed by atoms with Gasteiger partial charge >= 0.3 is 6.03 Å². The number of anilines is 2. The smallest absolute Gasteiger partial charge is 0.325 e. The summed E-state index contributed by atoms with van der Waals surface area (Å²) in [6.07, 6.45) is 4.05. The Morgan fingerprint density at radius 2 is 1.58 bits per heavy atom. The highest BCUT2D eigenvalue weighted by atomic mass is 16.5. The quantitative estimate of drug-likeness (QED) is 0.478. The molecule has 0 atom stereocenters. The van der Waals surface area contributed by atoms with Gasteiger partial charge in [-0.2, -0.15) is 0 Å². The molecule has 1 heterocycles. The number of carbonyl (C=O) groups excluding carboxylic acids is 4. The van der Waals surface area contributed by atoms with Gasteiger partial charge in [0.25, 0.3) is 11.8 Å². The van der Waals surface area contributed by atoms with Crippen LogP contribution in [0.3, 0.4) is 0 Å². The highest BCUT2D eigenvalue weighted by Gasteiger charge is 2.52. The summed E-state index contributed by atoms with van der Waals surface area (Å²) >= 11 is 0. The van der Waals surface area contributed by atoms with Crippen molar-refractivity contribution in [1.82, 2.24) is 10.2 Å². The molecule has 1 aliphatic carbocycles. The van der Waals surface area contributed by atoms with Crippen LogP contribution in [0.2, 0.25) is 0 Å². The van der Waals surface area contributed by atoms with Crippen LogP contribution in [0, 0.1) is 5.92 Å². The Kier molecular flexibility index (Phi) is 7.57. The molecule has 3 N–H and O–H groups in total. The Balaban J connectivity index is 1.30. The first-order valence-corrected chi connectivity index (χ1v) is 12.4. The van der Waals surface area contributed by atoms with Gasteiger partial charge in [0.05, 0.1) is 6.61 Å². The summed E-state index contributed by atoms with van der Waals surface area (Å²) in [6, 6.07) is 12.9. The fraction of sp³-hybridized carbons (Fsp3) is 0.407. The molecule has 36 heavy (non-hydrogen) atoms. The first kappa shape index (κ1) is 25.2. The largest absolute Gasteiger partial charge is 0.494 e. The minimum Gasteiger partial charge on any atom is -0.494 e. The highest BCUT2D eigenvalue weighted by Crippen LogP contribution is 2.37. The highest BCUT2D eigenvalue weighted by molar-refractivity contribution is 6.10.